The Morgan fingerprint density at radius 3 is 2.18 bits per heavy atom. The summed E-state index contributed by atoms with van der Waals surface area (Å²) in [5.41, 5.74) is 0.895. The molecule has 0 aromatic rings. The fourth-order valence-corrected chi connectivity index (χ4v) is 1.27. The number of allylic oxidation sites excluding steroid dienone is 2. The molecule has 0 bridgehead atoms. The second-order valence-corrected chi connectivity index (χ2v) is 3.47. The molecule has 0 saturated heterocycles. The van der Waals surface area contributed by atoms with Crippen LogP contribution in [-0.4, -0.2) is 31.0 Å². The number of rotatable bonds is 5. The first-order valence-corrected chi connectivity index (χ1v) is 5.24. The van der Waals surface area contributed by atoms with Crippen LogP contribution in [0.15, 0.2) is 23.7 Å². The van der Waals surface area contributed by atoms with Gasteiger partial charge in [0.2, 0.25) is 0 Å². The van der Waals surface area contributed by atoms with Crippen molar-refractivity contribution in [3.63, 3.8) is 0 Å². The second kappa shape index (κ2) is 6.73. The number of hydrogen-bond acceptors (Lipinski definition) is 5. The molecule has 0 N–H and O–H groups in total. The normalized spacial score (nSPS) is 11.4. The lowest BCUT2D eigenvalue weighted by Crippen LogP contribution is -2.26. The zero-order valence-corrected chi connectivity index (χ0v) is 11.0. The molecule has 0 aromatic carbocycles. The van der Waals surface area contributed by atoms with E-state index in [1.807, 2.05) is 6.92 Å². The second-order valence-electron chi connectivity index (χ2n) is 3.47. The summed E-state index contributed by atoms with van der Waals surface area (Å²) in [6, 6.07) is 0. The van der Waals surface area contributed by atoms with Crippen LogP contribution in [0.5, 0.6) is 0 Å². The summed E-state index contributed by atoms with van der Waals surface area (Å²) in [4.78, 5) is 24.1. The Balaban J connectivity index is 5.33. The van der Waals surface area contributed by atoms with Crippen LogP contribution in [0, 0.1) is 0 Å². The van der Waals surface area contributed by atoms with Gasteiger partial charge in [-0.1, -0.05) is 13.5 Å². The topological polar surface area (TPSA) is 55.8 Å². The van der Waals surface area contributed by atoms with E-state index in [2.05, 4.69) is 11.3 Å². The molecule has 5 nitrogen and oxygen atoms in total. The van der Waals surface area contributed by atoms with Crippen LogP contribution in [0.1, 0.15) is 27.2 Å². The number of esters is 2. The molecule has 0 amide bonds. The van der Waals surface area contributed by atoms with Gasteiger partial charge in [0.15, 0.2) is 5.70 Å². The van der Waals surface area contributed by atoms with E-state index in [-0.39, 0.29) is 11.5 Å². The Kier molecular flexibility index (Phi) is 6.02. The molecule has 0 fully saturated rings. The van der Waals surface area contributed by atoms with Crippen molar-refractivity contribution in [2.75, 3.05) is 14.2 Å². The summed E-state index contributed by atoms with van der Waals surface area (Å²) < 4.78 is 9.57. The molecule has 0 spiro atoms. The summed E-state index contributed by atoms with van der Waals surface area (Å²) in [6.07, 6.45) is 0.671. The van der Waals surface area contributed by atoms with Crippen LogP contribution in [0.2, 0.25) is 0 Å². The maximum atomic E-state index is 11.6. The molecular formula is C12H19NO4. The Morgan fingerprint density at radius 1 is 1.29 bits per heavy atom. The molecule has 0 heterocycles. The predicted molar refractivity (Wildman–Crippen MR) is 63.7 cm³/mol. The molecule has 0 unspecified atom stereocenters. The highest BCUT2D eigenvalue weighted by atomic mass is 16.5. The van der Waals surface area contributed by atoms with Crippen LogP contribution in [0.3, 0.4) is 0 Å². The molecule has 0 aliphatic heterocycles. The zero-order chi connectivity index (χ0) is 13.6. The van der Waals surface area contributed by atoms with E-state index < -0.39 is 11.9 Å². The lowest BCUT2D eigenvalue weighted by Gasteiger charge is -2.23. The van der Waals surface area contributed by atoms with E-state index in [0.717, 1.165) is 5.70 Å². The molecule has 5 heteroatoms. The van der Waals surface area contributed by atoms with Gasteiger partial charge in [0.25, 0.3) is 0 Å². The lowest BCUT2D eigenvalue weighted by atomic mass is 10.2. The molecule has 0 radical (unpaired) electrons. The van der Waals surface area contributed by atoms with Crippen LogP contribution in [0.25, 0.3) is 0 Å². The lowest BCUT2D eigenvalue weighted by molar-refractivity contribution is -0.139. The van der Waals surface area contributed by atoms with E-state index >= 15 is 0 Å². The van der Waals surface area contributed by atoms with Gasteiger partial charge in [0, 0.05) is 19.7 Å². The number of methoxy groups -OCH3 is 1. The average molecular weight is 241 g/mol. The minimum absolute atomic E-state index is 0.176. The third-order valence-corrected chi connectivity index (χ3v) is 2.23. The highest BCUT2D eigenvalue weighted by Gasteiger charge is 2.21. The standard InChI is InChI=1S/C12H19NO4/c1-7-8(2)13(5)11(12(15)16-6)9(3)17-10(4)14/h2,7H2,1,3-6H3/b11-9+. The minimum atomic E-state index is -0.569. The number of carbonyl (C=O) groups excluding carboxylic acids is 2. The molecule has 0 rings (SSSR count). The Morgan fingerprint density at radius 2 is 1.82 bits per heavy atom. The summed E-state index contributed by atoms with van der Waals surface area (Å²) in [5.74, 6) is -0.860. The van der Waals surface area contributed by atoms with Crippen molar-refractivity contribution < 1.29 is 19.1 Å². The average Bonchev–Trinajstić information content (AvgIpc) is 2.26. The Hall–Kier alpha value is -1.78. The Labute approximate surface area is 102 Å². The van der Waals surface area contributed by atoms with Crippen molar-refractivity contribution in [2.45, 2.75) is 27.2 Å². The molecule has 96 valence electrons. The molecule has 0 aromatic heterocycles. The van der Waals surface area contributed by atoms with Gasteiger partial charge in [0.1, 0.15) is 5.76 Å². The van der Waals surface area contributed by atoms with Crippen molar-refractivity contribution in [2.24, 2.45) is 0 Å². The molecule has 0 aliphatic carbocycles. The highest BCUT2D eigenvalue weighted by Crippen LogP contribution is 2.17. The number of likely N-dealkylation sites (N-methyl/N-ethyl adjacent to an activating group) is 1. The van der Waals surface area contributed by atoms with Gasteiger partial charge in [-0.2, -0.15) is 0 Å². The van der Waals surface area contributed by atoms with Gasteiger partial charge in [-0.25, -0.2) is 4.79 Å². The fourth-order valence-electron chi connectivity index (χ4n) is 1.27. The van der Waals surface area contributed by atoms with Crippen LogP contribution < -0.4 is 0 Å². The molecule has 0 saturated carbocycles. The highest BCUT2D eigenvalue weighted by molar-refractivity contribution is 5.89. The van der Waals surface area contributed by atoms with E-state index in [9.17, 15) is 9.59 Å². The molecule has 0 atom stereocenters. The monoisotopic (exact) mass is 241 g/mol. The maximum absolute atomic E-state index is 11.6. The number of carbonyl (C=O) groups is 2. The van der Waals surface area contributed by atoms with Gasteiger partial charge in [-0.15, -0.1) is 0 Å². The molecule has 17 heavy (non-hydrogen) atoms. The van der Waals surface area contributed by atoms with Crippen molar-refractivity contribution in [1.29, 1.82) is 0 Å². The first-order valence-electron chi connectivity index (χ1n) is 5.24. The molecular weight excluding hydrogens is 222 g/mol. The van der Waals surface area contributed by atoms with Gasteiger partial charge in [0.05, 0.1) is 7.11 Å². The first-order chi connectivity index (χ1) is 7.84. The van der Waals surface area contributed by atoms with E-state index in [4.69, 9.17) is 4.74 Å². The summed E-state index contributed by atoms with van der Waals surface area (Å²) in [7, 11) is 2.94. The Bertz CT molecular complexity index is 358. The zero-order valence-electron chi connectivity index (χ0n) is 11.0. The quantitative estimate of drug-likeness (QED) is 0.417. The van der Waals surface area contributed by atoms with E-state index in [1.54, 1.807) is 11.9 Å². The number of ether oxygens (including phenoxy) is 2. The van der Waals surface area contributed by atoms with Crippen LogP contribution in [0.4, 0.5) is 0 Å². The summed E-state index contributed by atoms with van der Waals surface area (Å²) in [5, 5.41) is 0. The van der Waals surface area contributed by atoms with Gasteiger partial charge in [-0.05, 0) is 13.3 Å². The third-order valence-electron chi connectivity index (χ3n) is 2.23. The fraction of sp³-hybridized carbons (Fsp3) is 0.500. The van der Waals surface area contributed by atoms with Gasteiger partial charge in [-0.3, -0.25) is 4.79 Å². The largest absolute Gasteiger partial charge is 0.464 e. The number of nitrogens with zero attached hydrogens (tertiary/aromatic N) is 1. The predicted octanol–water partition coefficient (Wildman–Crippen LogP) is 1.81. The smallest absolute Gasteiger partial charge is 0.358 e. The maximum Gasteiger partial charge on any atom is 0.358 e. The summed E-state index contributed by atoms with van der Waals surface area (Å²) in [6.45, 7) is 8.53. The first kappa shape index (κ1) is 15.2. The van der Waals surface area contributed by atoms with Crippen LogP contribution >= 0.6 is 0 Å². The third kappa shape index (κ3) is 4.30. The van der Waals surface area contributed by atoms with Gasteiger partial charge < -0.3 is 14.4 Å². The van der Waals surface area contributed by atoms with E-state index in [1.165, 1.54) is 21.0 Å². The van der Waals surface area contributed by atoms with Gasteiger partial charge >= 0.3 is 11.9 Å². The van der Waals surface area contributed by atoms with Crippen molar-refractivity contribution in [3.05, 3.63) is 23.7 Å². The van der Waals surface area contributed by atoms with Crippen LogP contribution in [-0.2, 0) is 19.1 Å². The molecule has 0 aliphatic rings. The van der Waals surface area contributed by atoms with E-state index in [0.29, 0.717) is 6.42 Å². The van der Waals surface area contributed by atoms with Crippen molar-refractivity contribution in [1.82, 2.24) is 4.90 Å². The summed E-state index contributed by atoms with van der Waals surface area (Å²) >= 11 is 0. The minimum Gasteiger partial charge on any atom is -0.464 e. The SMILES string of the molecule is C=C(CC)N(C)/C(C(=O)OC)=C(\C)OC(C)=O. The van der Waals surface area contributed by atoms with Crippen molar-refractivity contribution >= 4 is 11.9 Å². The number of hydrogen-bond donors (Lipinski definition) is 0. The van der Waals surface area contributed by atoms with Crippen molar-refractivity contribution in [3.8, 4) is 0 Å².